The predicted molar refractivity (Wildman–Crippen MR) is 119 cm³/mol. The normalized spacial score (nSPS) is 17.0. The number of guanidine groups is 1. The molecule has 0 spiro atoms. The highest BCUT2D eigenvalue weighted by atomic mass is 127. The molecule has 1 N–H and O–H groups in total. The molecule has 11 heteroatoms. The number of fused-ring (bicyclic) bond motifs is 1. The zero-order chi connectivity index (χ0) is 20.4. The maximum absolute atomic E-state index is 13.0. The summed E-state index contributed by atoms with van der Waals surface area (Å²) in [6.45, 7) is 4.10. The summed E-state index contributed by atoms with van der Waals surface area (Å²) in [6.07, 6.45) is -2.25. The van der Waals surface area contributed by atoms with Crippen LogP contribution in [-0.2, 0) is 25.7 Å². The molecule has 0 amide bonds. The molecule has 2 aliphatic rings. The van der Waals surface area contributed by atoms with Crippen LogP contribution in [0.1, 0.15) is 23.6 Å². The molecule has 0 saturated carbocycles. The zero-order valence-electron chi connectivity index (χ0n) is 16.7. The first-order valence-electron chi connectivity index (χ1n) is 9.74. The minimum atomic E-state index is -4.33. The van der Waals surface area contributed by atoms with Crippen molar-refractivity contribution in [2.24, 2.45) is 4.99 Å². The van der Waals surface area contributed by atoms with Gasteiger partial charge in [-0.1, -0.05) is 6.07 Å². The number of benzene rings is 1. The first-order valence-corrected chi connectivity index (χ1v) is 9.74. The van der Waals surface area contributed by atoms with Crippen molar-refractivity contribution in [2.45, 2.75) is 32.1 Å². The Bertz CT molecular complexity index is 888. The Labute approximate surface area is 190 Å². The standard InChI is InChI=1S/C19H24F3N7.HI/c1-23-18(24-13-17-26-25-16-6-3-7-29(16)17)28-10-8-27(9-11-28)15-5-2-4-14(12-15)19(20,21)22;/h2,4-5,12H,3,6-11,13H2,1H3,(H,23,24);1H. The summed E-state index contributed by atoms with van der Waals surface area (Å²) >= 11 is 0. The van der Waals surface area contributed by atoms with Crippen molar-refractivity contribution in [3.8, 4) is 0 Å². The third-order valence-electron chi connectivity index (χ3n) is 5.42. The van der Waals surface area contributed by atoms with E-state index >= 15 is 0 Å². The Morgan fingerprint density at radius 2 is 1.90 bits per heavy atom. The third kappa shape index (κ3) is 4.81. The number of aromatic nitrogens is 3. The average Bonchev–Trinajstić information content (AvgIpc) is 3.33. The molecule has 0 radical (unpaired) electrons. The number of hydrogen-bond donors (Lipinski definition) is 1. The van der Waals surface area contributed by atoms with Gasteiger partial charge in [0.25, 0.3) is 0 Å². The summed E-state index contributed by atoms with van der Waals surface area (Å²) in [5.41, 5.74) is -0.0165. The molecule has 1 fully saturated rings. The number of rotatable bonds is 3. The largest absolute Gasteiger partial charge is 0.416 e. The van der Waals surface area contributed by atoms with Crippen LogP contribution in [-0.4, -0.2) is 58.9 Å². The van der Waals surface area contributed by atoms with E-state index in [0.717, 1.165) is 43.1 Å². The molecular weight excluding hydrogens is 510 g/mol. The third-order valence-corrected chi connectivity index (χ3v) is 5.42. The van der Waals surface area contributed by atoms with Crippen molar-refractivity contribution in [3.05, 3.63) is 41.5 Å². The molecule has 1 saturated heterocycles. The van der Waals surface area contributed by atoms with Crippen LogP contribution in [0.15, 0.2) is 29.3 Å². The van der Waals surface area contributed by atoms with Crippen molar-refractivity contribution < 1.29 is 13.2 Å². The van der Waals surface area contributed by atoms with E-state index in [1.165, 1.54) is 12.1 Å². The first kappa shape index (κ1) is 22.6. The predicted octanol–water partition coefficient (Wildman–Crippen LogP) is 2.76. The van der Waals surface area contributed by atoms with Gasteiger partial charge in [0.15, 0.2) is 11.8 Å². The van der Waals surface area contributed by atoms with E-state index < -0.39 is 11.7 Å². The number of aryl methyl sites for hydroxylation is 1. The van der Waals surface area contributed by atoms with Crippen molar-refractivity contribution in [1.29, 1.82) is 0 Å². The number of piperazine rings is 1. The van der Waals surface area contributed by atoms with Crippen molar-refractivity contribution in [1.82, 2.24) is 25.0 Å². The van der Waals surface area contributed by atoms with E-state index in [2.05, 4.69) is 30.0 Å². The summed E-state index contributed by atoms with van der Waals surface area (Å²) in [7, 11) is 1.73. The van der Waals surface area contributed by atoms with Gasteiger partial charge < -0.3 is 19.7 Å². The van der Waals surface area contributed by atoms with Crippen LogP contribution in [0.2, 0.25) is 0 Å². The fourth-order valence-corrected chi connectivity index (χ4v) is 3.89. The molecule has 7 nitrogen and oxygen atoms in total. The number of hydrogen-bond acceptors (Lipinski definition) is 4. The second-order valence-corrected chi connectivity index (χ2v) is 7.21. The number of anilines is 1. The summed E-state index contributed by atoms with van der Waals surface area (Å²) in [5, 5.41) is 11.8. The molecule has 3 heterocycles. The number of nitrogens with one attached hydrogen (secondary N) is 1. The van der Waals surface area contributed by atoms with Gasteiger partial charge in [0.1, 0.15) is 5.82 Å². The fourth-order valence-electron chi connectivity index (χ4n) is 3.89. The molecule has 2 aliphatic heterocycles. The molecule has 1 aromatic heterocycles. The molecule has 164 valence electrons. The highest BCUT2D eigenvalue weighted by molar-refractivity contribution is 14.0. The Morgan fingerprint density at radius 1 is 1.13 bits per heavy atom. The molecule has 0 unspecified atom stereocenters. The Kier molecular flexibility index (Phi) is 7.09. The van der Waals surface area contributed by atoms with Crippen LogP contribution in [0.3, 0.4) is 0 Å². The lowest BCUT2D eigenvalue weighted by Crippen LogP contribution is -2.52. The SMILES string of the molecule is CN=C(NCc1nnc2n1CCC2)N1CCN(c2cccc(C(F)(F)F)c2)CC1.I. The van der Waals surface area contributed by atoms with E-state index in [1.807, 2.05) is 4.90 Å². The van der Waals surface area contributed by atoms with Crippen LogP contribution in [0.4, 0.5) is 18.9 Å². The van der Waals surface area contributed by atoms with Gasteiger partial charge in [-0.2, -0.15) is 13.2 Å². The topological polar surface area (TPSA) is 61.6 Å². The van der Waals surface area contributed by atoms with Gasteiger partial charge in [0.2, 0.25) is 0 Å². The van der Waals surface area contributed by atoms with E-state index in [9.17, 15) is 13.2 Å². The van der Waals surface area contributed by atoms with Crippen LogP contribution in [0, 0.1) is 0 Å². The lowest BCUT2D eigenvalue weighted by atomic mass is 10.1. The second kappa shape index (κ2) is 9.40. The smallest absolute Gasteiger partial charge is 0.368 e. The van der Waals surface area contributed by atoms with E-state index in [-0.39, 0.29) is 24.0 Å². The van der Waals surface area contributed by atoms with Gasteiger partial charge >= 0.3 is 6.18 Å². The summed E-state index contributed by atoms with van der Waals surface area (Å²) in [4.78, 5) is 8.45. The molecule has 0 aliphatic carbocycles. The molecule has 2 aromatic rings. The quantitative estimate of drug-likeness (QED) is 0.372. The Hall–Kier alpha value is -2.05. The molecular formula is C19H25F3IN7. The number of aliphatic imine (C=N–C) groups is 1. The number of alkyl halides is 3. The monoisotopic (exact) mass is 535 g/mol. The summed E-state index contributed by atoms with van der Waals surface area (Å²) < 4.78 is 41.1. The fraction of sp³-hybridized carbons (Fsp3) is 0.526. The van der Waals surface area contributed by atoms with E-state index in [0.29, 0.717) is 38.4 Å². The van der Waals surface area contributed by atoms with Crippen molar-refractivity contribution in [3.63, 3.8) is 0 Å². The van der Waals surface area contributed by atoms with Crippen molar-refractivity contribution in [2.75, 3.05) is 38.1 Å². The Morgan fingerprint density at radius 3 is 2.60 bits per heavy atom. The van der Waals surface area contributed by atoms with Crippen LogP contribution < -0.4 is 10.2 Å². The van der Waals surface area contributed by atoms with Gasteiger partial charge in [-0.15, -0.1) is 34.2 Å². The lowest BCUT2D eigenvalue weighted by molar-refractivity contribution is -0.137. The maximum atomic E-state index is 13.0. The molecule has 30 heavy (non-hydrogen) atoms. The van der Waals surface area contributed by atoms with Gasteiger partial charge in [0, 0.05) is 51.9 Å². The highest BCUT2D eigenvalue weighted by Crippen LogP contribution is 2.31. The van der Waals surface area contributed by atoms with Crippen LogP contribution in [0.25, 0.3) is 0 Å². The van der Waals surface area contributed by atoms with E-state index in [4.69, 9.17) is 0 Å². The molecule has 0 bridgehead atoms. The average molecular weight is 535 g/mol. The van der Waals surface area contributed by atoms with Gasteiger partial charge in [-0.3, -0.25) is 4.99 Å². The zero-order valence-corrected chi connectivity index (χ0v) is 19.0. The minimum Gasteiger partial charge on any atom is -0.368 e. The van der Waals surface area contributed by atoms with E-state index in [1.54, 1.807) is 13.1 Å². The van der Waals surface area contributed by atoms with Gasteiger partial charge in [0.05, 0.1) is 12.1 Å². The number of nitrogens with zero attached hydrogens (tertiary/aromatic N) is 6. The first-order chi connectivity index (χ1) is 14.0. The highest BCUT2D eigenvalue weighted by Gasteiger charge is 2.31. The summed E-state index contributed by atoms with van der Waals surface area (Å²) in [5.74, 6) is 2.71. The number of halogens is 4. The minimum absolute atomic E-state index is 0. The molecule has 1 aromatic carbocycles. The van der Waals surface area contributed by atoms with Crippen molar-refractivity contribution >= 4 is 35.6 Å². The van der Waals surface area contributed by atoms with Crippen LogP contribution in [0.5, 0.6) is 0 Å². The lowest BCUT2D eigenvalue weighted by Gasteiger charge is -2.37. The Balaban J connectivity index is 0.00000256. The van der Waals surface area contributed by atoms with Gasteiger partial charge in [-0.25, -0.2) is 0 Å². The van der Waals surface area contributed by atoms with Crippen LogP contribution >= 0.6 is 24.0 Å². The maximum Gasteiger partial charge on any atom is 0.416 e. The summed E-state index contributed by atoms with van der Waals surface area (Å²) in [6, 6.07) is 5.51. The molecule has 0 atom stereocenters. The second-order valence-electron chi connectivity index (χ2n) is 7.21. The van der Waals surface area contributed by atoms with Gasteiger partial charge in [-0.05, 0) is 24.6 Å². The molecule has 4 rings (SSSR count).